The van der Waals surface area contributed by atoms with Gasteiger partial charge in [-0.15, -0.1) is 0 Å². The summed E-state index contributed by atoms with van der Waals surface area (Å²) in [5, 5.41) is 3.61. The van der Waals surface area contributed by atoms with Gasteiger partial charge in [0.2, 0.25) is 5.89 Å². The highest BCUT2D eigenvalue weighted by Gasteiger charge is 2.07. The number of hydrogen-bond donors (Lipinski definition) is 3. The summed E-state index contributed by atoms with van der Waals surface area (Å²) in [5.41, 5.74) is 7.49. The average Bonchev–Trinajstić information content (AvgIpc) is 2.94. The van der Waals surface area contributed by atoms with E-state index in [2.05, 4.69) is 20.3 Å². The van der Waals surface area contributed by atoms with Crippen LogP contribution in [0.5, 0.6) is 0 Å². The molecule has 0 fully saturated rings. The molecule has 0 aliphatic carbocycles. The second kappa shape index (κ2) is 5.28. The van der Waals surface area contributed by atoms with Crippen molar-refractivity contribution in [1.29, 1.82) is 0 Å². The molecule has 2 aromatic heterocycles. The summed E-state index contributed by atoms with van der Waals surface area (Å²) in [7, 11) is 0. The molecule has 4 N–H and O–H groups in total. The molecule has 0 atom stereocenters. The maximum atomic E-state index is 11.7. The molecule has 3 aromatic rings. The molecular formula is C14H15N5O2. The normalized spacial score (nSPS) is 10.9. The molecule has 0 aliphatic rings. The largest absolute Gasteiger partial charge is 0.444 e. The van der Waals surface area contributed by atoms with Crippen LogP contribution in [-0.2, 0) is 13.0 Å². The van der Waals surface area contributed by atoms with Gasteiger partial charge in [-0.1, -0.05) is 6.92 Å². The van der Waals surface area contributed by atoms with Crippen LogP contribution in [0, 0.1) is 0 Å². The first-order valence-corrected chi connectivity index (χ1v) is 6.61. The lowest BCUT2D eigenvalue weighted by Crippen LogP contribution is -2.08. The maximum Gasteiger partial charge on any atom is 0.258 e. The van der Waals surface area contributed by atoms with E-state index in [0.29, 0.717) is 34.7 Å². The Balaban J connectivity index is 1.86. The predicted octanol–water partition coefficient (Wildman–Crippen LogP) is 1.67. The fraction of sp³-hybridized carbons (Fsp3) is 0.214. The number of nitrogens with two attached hydrogens (primary N) is 1. The Morgan fingerprint density at radius 2 is 2.24 bits per heavy atom. The van der Waals surface area contributed by atoms with E-state index in [1.165, 1.54) is 6.33 Å². The quantitative estimate of drug-likeness (QED) is 0.629. The lowest BCUT2D eigenvalue weighted by atomic mass is 10.2. The zero-order valence-corrected chi connectivity index (χ0v) is 11.5. The number of rotatable bonds is 4. The number of hydrogen-bond acceptors (Lipinski definition) is 6. The Bertz CT molecular complexity index is 837. The number of H-pyrrole nitrogens is 1. The molecule has 2 heterocycles. The van der Waals surface area contributed by atoms with E-state index in [-0.39, 0.29) is 5.56 Å². The highest BCUT2D eigenvalue weighted by atomic mass is 16.4. The third kappa shape index (κ3) is 2.58. The average molecular weight is 285 g/mol. The number of fused-ring (bicyclic) bond motifs is 1. The van der Waals surface area contributed by atoms with Gasteiger partial charge in [0.15, 0.2) is 0 Å². The molecular weight excluding hydrogens is 270 g/mol. The number of nitrogens with one attached hydrogen (secondary N) is 2. The van der Waals surface area contributed by atoms with Gasteiger partial charge in [-0.2, -0.15) is 0 Å². The number of oxazole rings is 1. The van der Waals surface area contributed by atoms with Crippen molar-refractivity contribution < 1.29 is 4.42 Å². The third-order valence-electron chi connectivity index (χ3n) is 3.19. The standard InChI is InChI=1S/C14H15N5O2/c1-2-8-5-17-13(21-8)6-16-12-4-11-9(3-10(12)15)14(20)19-7-18-11/h3-5,7,16H,2,6,15H2,1H3,(H,18,19,20). The number of aromatic amines is 1. The van der Waals surface area contributed by atoms with Crippen LogP contribution in [0.25, 0.3) is 10.9 Å². The van der Waals surface area contributed by atoms with Crippen molar-refractivity contribution in [2.24, 2.45) is 0 Å². The van der Waals surface area contributed by atoms with Gasteiger partial charge in [0.05, 0.1) is 41.3 Å². The molecule has 1 aromatic carbocycles. The SMILES string of the molecule is CCc1cnc(CNc2cc3nc[nH]c(=O)c3cc2N)o1. The minimum Gasteiger partial charge on any atom is -0.444 e. The molecule has 7 nitrogen and oxygen atoms in total. The molecule has 0 saturated carbocycles. The molecule has 0 saturated heterocycles. The van der Waals surface area contributed by atoms with Gasteiger partial charge < -0.3 is 20.5 Å². The zero-order chi connectivity index (χ0) is 14.8. The molecule has 0 unspecified atom stereocenters. The van der Waals surface area contributed by atoms with Crippen LogP contribution in [0.4, 0.5) is 11.4 Å². The summed E-state index contributed by atoms with van der Waals surface area (Å²) in [6, 6.07) is 3.35. The molecule has 108 valence electrons. The van der Waals surface area contributed by atoms with Gasteiger partial charge in [-0.25, -0.2) is 9.97 Å². The van der Waals surface area contributed by atoms with Crippen LogP contribution in [0.1, 0.15) is 18.6 Å². The van der Waals surface area contributed by atoms with Crippen LogP contribution >= 0.6 is 0 Å². The number of aromatic nitrogens is 3. The van der Waals surface area contributed by atoms with Crippen molar-refractivity contribution in [3.63, 3.8) is 0 Å². The van der Waals surface area contributed by atoms with E-state index in [1.807, 2.05) is 6.92 Å². The lowest BCUT2D eigenvalue weighted by molar-refractivity contribution is 0.466. The smallest absolute Gasteiger partial charge is 0.258 e. The van der Waals surface area contributed by atoms with Crippen molar-refractivity contribution >= 4 is 22.3 Å². The first-order chi connectivity index (χ1) is 10.2. The monoisotopic (exact) mass is 285 g/mol. The summed E-state index contributed by atoms with van der Waals surface area (Å²) < 4.78 is 5.52. The van der Waals surface area contributed by atoms with E-state index in [9.17, 15) is 4.79 Å². The number of anilines is 2. The fourth-order valence-electron chi connectivity index (χ4n) is 2.05. The van der Waals surface area contributed by atoms with Crippen LogP contribution in [0.15, 0.2) is 33.9 Å². The molecule has 7 heteroatoms. The molecule has 0 radical (unpaired) electrons. The Labute approximate surface area is 120 Å². The molecule has 0 bridgehead atoms. The van der Waals surface area contributed by atoms with Crippen molar-refractivity contribution in [2.75, 3.05) is 11.1 Å². The topological polar surface area (TPSA) is 110 Å². The van der Waals surface area contributed by atoms with E-state index < -0.39 is 0 Å². The number of nitrogens with zero attached hydrogens (tertiary/aromatic N) is 2. The number of aryl methyl sites for hydroxylation is 1. The number of nitrogen functional groups attached to an aromatic ring is 1. The molecule has 3 rings (SSSR count). The molecule has 21 heavy (non-hydrogen) atoms. The highest BCUT2D eigenvalue weighted by molar-refractivity contribution is 5.88. The third-order valence-corrected chi connectivity index (χ3v) is 3.19. The van der Waals surface area contributed by atoms with E-state index >= 15 is 0 Å². The summed E-state index contributed by atoms with van der Waals surface area (Å²) in [6.07, 6.45) is 3.88. The van der Waals surface area contributed by atoms with Crippen LogP contribution in [-0.4, -0.2) is 15.0 Å². The van der Waals surface area contributed by atoms with Gasteiger partial charge in [0.25, 0.3) is 5.56 Å². The molecule has 0 aliphatic heterocycles. The lowest BCUT2D eigenvalue weighted by Gasteiger charge is -2.08. The summed E-state index contributed by atoms with van der Waals surface area (Å²) >= 11 is 0. The first kappa shape index (κ1) is 13.2. The highest BCUT2D eigenvalue weighted by Crippen LogP contribution is 2.23. The number of benzene rings is 1. The van der Waals surface area contributed by atoms with Crippen molar-refractivity contribution in [3.05, 3.63) is 46.7 Å². The van der Waals surface area contributed by atoms with Crippen molar-refractivity contribution in [1.82, 2.24) is 15.0 Å². The van der Waals surface area contributed by atoms with Crippen LogP contribution < -0.4 is 16.6 Å². The second-order valence-corrected chi connectivity index (χ2v) is 4.62. The van der Waals surface area contributed by atoms with Gasteiger partial charge in [0.1, 0.15) is 5.76 Å². The Morgan fingerprint density at radius 3 is 3.00 bits per heavy atom. The van der Waals surface area contributed by atoms with E-state index in [0.717, 1.165) is 12.2 Å². The van der Waals surface area contributed by atoms with Gasteiger partial charge >= 0.3 is 0 Å². The van der Waals surface area contributed by atoms with Crippen molar-refractivity contribution in [3.8, 4) is 0 Å². The van der Waals surface area contributed by atoms with Gasteiger partial charge in [0, 0.05) is 6.42 Å². The predicted molar refractivity (Wildman–Crippen MR) is 80.0 cm³/mol. The summed E-state index contributed by atoms with van der Waals surface area (Å²) in [6.45, 7) is 2.42. The Morgan fingerprint density at radius 1 is 1.38 bits per heavy atom. The maximum absolute atomic E-state index is 11.7. The summed E-state index contributed by atoms with van der Waals surface area (Å²) in [5.74, 6) is 1.43. The summed E-state index contributed by atoms with van der Waals surface area (Å²) in [4.78, 5) is 22.5. The van der Waals surface area contributed by atoms with Gasteiger partial charge in [-0.05, 0) is 12.1 Å². The van der Waals surface area contributed by atoms with Crippen molar-refractivity contribution in [2.45, 2.75) is 19.9 Å². The van der Waals surface area contributed by atoms with Crippen LogP contribution in [0.2, 0.25) is 0 Å². The second-order valence-electron chi connectivity index (χ2n) is 4.62. The minimum absolute atomic E-state index is 0.210. The van der Waals surface area contributed by atoms with E-state index in [1.54, 1.807) is 18.3 Å². The Hall–Kier alpha value is -2.83. The molecule has 0 spiro atoms. The zero-order valence-electron chi connectivity index (χ0n) is 11.5. The molecule has 0 amide bonds. The first-order valence-electron chi connectivity index (χ1n) is 6.61. The minimum atomic E-state index is -0.210. The van der Waals surface area contributed by atoms with E-state index in [4.69, 9.17) is 10.2 Å². The van der Waals surface area contributed by atoms with Gasteiger partial charge in [-0.3, -0.25) is 4.79 Å². The Kier molecular flexibility index (Phi) is 3.31. The van der Waals surface area contributed by atoms with Crippen LogP contribution in [0.3, 0.4) is 0 Å². The fourth-order valence-corrected chi connectivity index (χ4v) is 2.05.